The van der Waals surface area contributed by atoms with Gasteiger partial charge in [0, 0.05) is 35.3 Å². The molecule has 2 heterocycles. The van der Waals surface area contributed by atoms with Crippen LogP contribution in [0.15, 0.2) is 53.8 Å². The fourth-order valence-corrected chi connectivity index (χ4v) is 4.07. The average Bonchev–Trinajstić information content (AvgIpc) is 2.68. The lowest BCUT2D eigenvalue weighted by molar-refractivity contribution is -0.147. The first-order chi connectivity index (χ1) is 14.0. The van der Waals surface area contributed by atoms with E-state index in [-0.39, 0.29) is 16.8 Å². The zero-order chi connectivity index (χ0) is 22.1. The van der Waals surface area contributed by atoms with Crippen molar-refractivity contribution < 1.29 is 26.0 Å². The van der Waals surface area contributed by atoms with Crippen LogP contribution in [0.5, 0.6) is 0 Å². The fraction of sp³-hybridized carbons (Fsp3) is 0.211. The molecule has 0 saturated heterocycles. The van der Waals surface area contributed by atoms with Crippen molar-refractivity contribution in [2.75, 3.05) is 0 Å². The Morgan fingerprint density at radius 1 is 1.00 bits per heavy atom. The van der Waals surface area contributed by atoms with E-state index in [4.69, 9.17) is 0 Å². The van der Waals surface area contributed by atoms with Crippen molar-refractivity contribution in [3.8, 4) is 22.4 Å². The second-order valence-electron chi connectivity index (χ2n) is 6.45. The third-order valence-corrected chi connectivity index (χ3v) is 5.80. The number of hydrogen-bond acceptors (Lipinski definition) is 5. The van der Waals surface area contributed by atoms with E-state index < -0.39 is 33.0 Å². The summed E-state index contributed by atoms with van der Waals surface area (Å²) in [5, 5.41) is 0. The molecule has 1 N–H and O–H groups in total. The summed E-state index contributed by atoms with van der Waals surface area (Å²) < 4.78 is 79.8. The number of pyridine rings is 1. The summed E-state index contributed by atoms with van der Waals surface area (Å²) >= 11 is 0. The molecule has 0 bridgehead atoms. The minimum absolute atomic E-state index is 0.0116. The Hall–Kier alpha value is -2.92. The highest BCUT2D eigenvalue weighted by Crippen LogP contribution is 2.30. The highest BCUT2D eigenvalue weighted by atomic mass is 32.2. The Labute approximate surface area is 170 Å². The van der Waals surface area contributed by atoms with Gasteiger partial charge < -0.3 is 0 Å². The van der Waals surface area contributed by atoms with Crippen molar-refractivity contribution in [2.45, 2.75) is 31.0 Å². The van der Waals surface area contributed by atoms with Crippen molar-refractivity contribution >= 4 is 10.0 Å². The number of sulfonamides is 1. The fourth-order valence-electron chi connectivity index (χ4n) is 2.61. The molecular formula is C19H16F4N4O2S. The molecule has 6 nitrogen and oxygen atoms in total. The average molecular weight is 440 g/mol. The van der Waals surface area contributed by atoms with Gasteiger partial charge in [0.2, 0.25) is 10.0 Å². The highest BCUT2D eigenvalue weighted by molar-refractivity contribution is 7.89. The van der Waals surface area contributed by atoms with Gasteiger partial charge in [-0.25, -0.2) is 22.8 Å². The number of hydrogen-bond donors (Lipinski definition) is 1. The summed E-state index contributed by atoms with van der Waals surface area (Å²) in [5.74, 6) is -0.265. The number of benzene rings is 1. The number of rotatable bonds is 5. The lowest BCUT2D eigenvalue weighted by Crippen LogP contribution is -2.43. The Kier molecular flexibility index (Phi) is 5.86. The van der Waals surface area contributed by atoms with Crippen LogP contribution in [-0.4, -0.2) is 35.6 Å². The van der Waals surface area contributed by atoms with Crippen molar-refractivity contribution in [1.29, 1.82) is 0 Å². The minimum Gasteiger partial charge on any atom is -0.252 e. The van der Waals surface area contributed by atoms with Crippen LogP contribution in [-0.2, 0) is 10.0 Å². The van der Waals surface area contributed by atoms with Gasteiger partial charge in [0.05, 0.1) is 4.90 Å². The van der Waals surface area contributed by atoms with E-state index in [1.54, 1.807) is 11.6 Å². The standard InChI is InChI=1S/C19H16F4N4O2S/c1-11(19(21,22)23)27-30(28,29)17-6-4-3-5-15(17)13-7-16(20)18(26-8-13)14-9-24-12(2)25-10-14/h3-11,27H,1-2H3/t11-/m1/s1. The molecule has 0 amide bonds. The van der Waals surface area contributed by atoms with E-state index in [0.29, 0.717) is 18.3 Å². The molecule has 30 heavy (non-hydrogen) atoms. The Balaban J connectivity index is 2.02. The van der Waals surface area contributed by atoms with Gasteiger partial charge in [0.1, 0.15) is 23.4 Å². The van der Waals surface area contributed by atoms with Crippen LogP contribution in [0.4, 0.5) is 17.6 Å². The summed E-state index contributed by atoms with van der Waals surface area (Å²) in [5.41, 5.74) is 0.386. The Morgan fingerprint density at radius 2 is 1.60 bits per heavy atom. The maximum Gasteiger partial charge on any atom is 0.404 e. The van der Waals surface area contributed by atoms with Crippen LogP contribution in [0.25, 0.3) is 22.4 Å². The predicted octanol–water partition coefficient (Wildman–Crippen LogP) is 3.88. The van der Waals surface area contributed by atoms with Crippen molar-refractivity contribution in [3.05, 3.63) is 60.6 Å². The van der Waals surface area contributed by atoms with E-state index in [9.17, 15) is 26.0 Å². The summed E-state index contributed by atoms with van der Waals surface area (Å²) in [6.45, 7) is 2.36. The summed E-state index contributed by atoms with van der Waals surface area (Å²) in [6.07, 6.45) is -0.726. The Morgan fingerprint density at radius 3 is 2.20 bits per heavy atom. The van der Waals surface area contributed by atoms with Crippen LogP contribution in [0, 0.1) is 12.7 Å². The van der Waals surface area contributed by atoms with E-state index >= 15 is 0 Å². The van der Waals surface area contributed by atoms with Gasteiger partial charge >= 0.3 is 6.18 Å². The molecular weight excluding hydrogens is 424 g/mol. The second-order valence-corrected chi connectivity index (χ2v) is 8.14. The smallest absolute Gasteiger partial charge is 0.252 e. The molecule has 3 aromatic rings. The van der Waals surface area contributed by atoms with Gasteiger partial charge in [0.25, 0.3) is 0 Å². The molecule has 2 aromatic heterocycles. The maximum absolute atomic E-state index is 14.7. The first-order valence-corrected chi connectivity index (χ1v) is 10.1. The molecule has 1 aromatic carbocycles. The third kappa shape index (κ3) is 4.62. The topological polar surface area (TPSA) is 84.8 Å². The summed E-state index contributed by atoms with van der Waals surface area (Å²) in [7, 11) is -4.54. The number of alkyl halides is 3. The zero-order valence-electron chi connectivity index (χ0n) is 15.8. The van der Waals surface area contributed by atoms with E-state index in [1.807, 2.05) is 0 Å². The molecule has 0 aliphatic heterocycles. The lowest BCUT2D eigenvalue weighted by atomic mass is 10.1. The maximum atomic E-state index is 14.7. The lowest BCUT2D eigenvalue weighted by Gasteiger charge is -2.18. The Bertz CT molecular complexity index is 1170. The predicted molar refractivity (Wildman–Crippen MR) is 101 cm³/mol. The minimum atomic E-state index is -4.76. The third-order valence-electron chi connectivity index (χ3n) is 4.21. The first kappa shape index (κ1) is 21.8. The number of halogens is 4. The normalized spacial score (nSPS) is 13.3. The van der Waals surface area contributed by atoms with Crippen LogP contribution < -0.4 is 4.72 Å². The monoisotopic (exact) mass is 440 g/mol. The van der Waals surface area contributed by atoms with Gasteiger partial charge in [0.15, 0.2) is 0 Å². The van der Waals surface area contributed by atoms with Gasteiger partial charge in [-0.3, -0.25) is 4.98 Å². The second kappa shape index (κ2) is 8.07. The molecule has 1 atom stereocenters. The van der Waals surface area contributed by atoms with Crippen molar-refractivity contribution in [1.82, 2.24) is 19.7 Å². The molecule has 0 aliphatic rings. The zero-order valence-corrected chi connectivity index (χ0v) is 16.6. The molecule has 0 unspecified atom stereocenters. The number of nitrogens with zero attached hydrogens (tertiary/aromatic N) is 3. The summed E-state index contributed by atoms with van der Waals surface area (Å²) in [4.78, 5) is 11.6. The van der Waals surface area contributed by atoms with E-state index in [0.717, 1.165) is 12.1 Å². The van der Waals surface area contributed by atoms with E-state index in [1.165, 1.54) is 36.8 Å². The van der Waals surface area contributed by atoms with Crippen LogP contribution in [0.3, 0.4) is 0 Å². The number of nitrogens with one attached hydrogen (secondary N) is 1. The van der Waals surface area contributed by atoms with Crippen LogP contribution >= 0.6 is 0 Å². The van der Waals surface area contributed by atoms with Gasteiger partial charge in [-0.1, -0.05) is 18.2 Å². The molecule has 3 rings (SSSR count). The molecule has 0 spiro atoms. The molecule has 0 fully saturated rings. The van der Waals surface area contributed by atoms with Gasteiger partial charge in [-0.2, -0.15) is 17.9 Å². The molecule has 158 valence electrons. The van der Waals surface area contributed by atoms with Crippen molar-refractivity contribution in [3.63, 3.8) is 0 Å². The van der Waals surface area contributed by atoms with Gasteiger partial charge in [-0.05, 0) is 26.0 Å². The van der Waals surface area contributed by atoms with E-state index in [2.05, 4.69) is 15.0 Å². The first-order valence-electron chi connectivity index (χ1n) is 8.62. The van der Waals surface area contributed by atoms with Gasteiger partial charge in [-0.15, -0.1) is 0 Å². The van der Waals surface area contributed by atoms with Crippen LogP contribution in [0.2, 0.25) is 0 Å². The molecule has 0 saturated carbocycles. The van der Waals surface area contributed by atoms with Crippen molar-refractivity contribution in [2.24, 2.45) is 0 Å². The molecule has 0 radical (unpaired) electrons. The number of aromatic nitrogens is 3. The number of aryl methyl sites for hydroxylation is 1. The molecule has 11 heteroatoms. The SMILES string of the molecule is Cc1ncc(-c2ncc(-c3ccccc3S(=O)(=O)N[C@H](C)C(F)(F)F)cc2F)cn1. The molecule has 0 aliphatic carbocycles. The quantitative estimate of drug-likeness (QED) is 0.609. The highest BCUT2D eigenvalue weighted by Gasteiger charge is 2.39. The summed E-state index contributed by atoms with van der Waals surface area (Å²) in [6, 6.07) is 4.11. The largest absolute Gasteiger partial charge is 0.404 e. The van der Waals surface area contributed by atoms with Crippen LogP contribution in [0.1, 0.15) is 12.7 Å².